The molecule has 144 valence electrons. The van der Waals surface area contributed by atoms with Crippen molar-refractivity contribution in [1.29, 1.82) is 0 Å². The van der Waals surface area contributed by atoms with Crippen LogP contribution in [0.15, 0.2) is 72.4 Å². The monoisotopic (exact) mass is 396 g/mol. The minimum atomic E-state index is -3.50. The second-order valence-corrected chi connectivity index (χ2v) is 7.40. The molecule has 0 fully saturated rings. The fourth-order valence-electron chi connectivity index (χ4n) is 2.24. The first-order valence-corrected chi connectivity index (χ1v) is 10.1. The van der Waals surface area contributed by atoms with E-state index in [1.54, 1.807) is 30.6 Å². The lowest BCUT2D eigenvalue weighted by atomic mass is 10.2. The summed E-state index contributed by atoms with van der Waals surface area (Å²) in [6.07, 6.45) is 4.92. The van der Waals surface area contributed by atoms with Gasteiger partial charge in [-0.2, -0.15) is 0 Å². The van der Waals surface area contributed by atoms with Gasteiger partial charge in [-0.3, -0.25) is 4.98 Å². The molecule has 0 radical (unpaired) electrons. The summed E-state index contributed by atoms with van der Waals surface area (Å²) < 4.78 is 26.4. The van der Waals surface area contributed by atoms with Crippen LogP contribution in [0.3, 0.4) is 0 Å². The Hall–Kier alpha value is -3.30. The molecule has 0 amide bonds. The maximum atomic E-state index is 12.0. The van der Waals surface area contributed by atoms with Crippen LogP contribution < -0.4 is 15.4 Å². The first kappa shape index (κ1) is 19.5. The summed E-state index contributed by atoms with van der Waals surface area (Å²) >= 11 is 0. The Morgan fingerprint density at radius 2 is 1.57 bits per heavy atom. The lowest BCUT2D eigenvalue weighted by Crippen LogP contribution is -2.27. The summed E-state index contributed by atoms with van der Waals surface area (Å²) in [6, 6.07) is 16.4. The van der Waals surface area contributed by atoms with E-state index in [0.29, 0.717) is 18.2 Å². The summed E-state index contributed by atoms with van der Waals surface area (Å²) in [4.78, 5) is 3.95. The molecule has 28 heavy (non-hydrogen) atoms. The number of aromatic nitrogens is 3. The van der Waals surface area contributed by atoms with Crippen molar-refractivity contribution < 1.29 is 8.42 Å². The molecule has 0 aliphatic heterocycles. The molecule has 3 rings (SSSR count). The first-order chi connectivity index (χ1) is 13.6. The van der Waals surface area contributed by atoms with Crippen LogP contribution in [0.2, 0.25) is 0 Å². The molecular formula is C19H20N6O2S. The number of sulfonamides is 1. The Bertz CT molecular complexity index is 994. The molecule has 2 aromatic heterocycles. The number of pyridine rings is 1. The third-order valence-corrected chi connectivity index (χ3v) is 4.69. The van der Waals surface area contributed by atoms with Crippen molar-refractivity contribution in [3.63, 3.8) is 0 Å². The summed E-state index contributed by atoms with van der Waals surface area (Å²) in [5, 5.41) is 15.4. The predicted octanol–water partition coefficient (Wildman–Crippen LogP) is 2.62. The van der Waals surface area contributed by atoms with E-state index in [9.17, 15) is 8.42 Å². The Balaban J connectivity index is 1.43. The van der Waals surface area contributed by atoms with Crippen molar-refractivity contribution >= 4 is 33.4 Å². The van der Waals surface area contributed by atoms with E-state index in [2.05, 4.69) is 30.5 Å². The molecule has 0 saturated carbocycles. The molecule has 9 heteroatoms. The number of nitrogens with zero attached hydrogens (tertiary/aromatic N) is 3. The highest BCUT2D eigenvalue weighted by molar-refractivity contribution is 7.92. The molecule has 3 N–H and O–H groups in total. The van der Waals surface area contributed by atoms with E-state index in [4.69, 9.17) is 0 Å². The molecular weight excluding hydrogens is 376 g/mol. The molecule has 0 unspecified atom stereocenters. The summed E-state index contributed by atoms with van der Waals surface area (Å²) in [7, 11) is -3.50. The maximum Gasteiger partial charge on any atom is 0.233 e. The zero-order valence-corrected chi connectivity index (χ0v) is 15.8. The van der Waals surface area contributed by atoms with E-state index < -0.39 is 10.0 Å². The average Bonchev–Trinajstić information content (AvgIpc) is 2.73. The van der Waals surface area contributed by atoms with Crippen molar-refractivity contribution in [2.75, 3.05) is 23.7 Å². The van der Waals surface area contributed by atoms with Crippen molar-refractivity contribution in [3.05, 3.63) is 78.0 Å². The van der Waals surface area contributed by atoms with Gasteiger partial charge in [0.1, 0.15) is 5.82 Å². The van der Waals surface area contributed by atoms with Gasteiger partial charge in [0.15, 0.2) is 5.82 Å². The molecule has 0 saturated heterocycles. The van der Waals surface area contributed by atoms with Gasteiger partial charge in [-0.25, -0.2) is 13.1 Å². The SMILES string of the molecule is O=S(=O)(/C=C/c1ccccc1)NCCNc1ccc(Nc2ccncc2)nn1. The van der Waals surface area contributed by atoms with Gasteiger partial charge in [0.05, 0.1) is 0 Å². The fraction of sp³-hybridized carbons (Fsp3) is 0.105. The smallest absolute Gasteiger partial charge is 0.233 e. The van der Waals surface area contributed by atoms with E-state index in [1.807, 2.05) is 42.5 Å². The highest BCUT2D eigenvalue weighted by Gasteiger charge is 2.04. The molecule has 0 aliphatic carbocycles. The van der Waals surface area contributed by atoms with Gasteiger partial charge in [0.25, 0.3) is 0 Å². The topological polar surface area (TPSA) is 109 Å². The van der Waals surface area contributed by atoms with Crippen LogP contribution in [0.5, 0.6) is 0 Å². The number of hydrogen-bond donors (Lipinski definition) is 3. The Morgan fingerprint density at radius 1 is 0.857 bits per heavy atom. The van der Waals surface area contributed by atoms with Gasteiger partial charge in [-0.05, 0) is 35.9 Å². The van der Waals surface area contributed by atoms with Gasteiger partial charge in [-0.15, -0.1) is 10.2 Å². The molecule has 0 spiro atoms. The lowest BCUT2D eigenvalue weighted by molar-refractivity contribution is 0.592. The Kier molecular flexibility index (Phi) is 6.66. The molecule has 0 bridgehead atoms. The summed E-state index contributed by atoms with van der Waals surface area (Å²) in [6.45, 7) is 0.602. The van der Waals surface area contributed by atoms with Crippen LogP contribution in [0.1, 0.15) is 5.56 Å². The van der Waals surface area contributed by atoms with E-state index >= 15 is 0 Å². The second kappa shape index (κ2) is 9.58. The number of nitrogens with one attached hydrogen (secondary N) is 3. The van der Waals surface area contributed by atoms with Crippen molar-refractivity contribution in [2.24, 2.45) is 0 Å². The zero-order chi connectivity index (χ0) is 19.7. The van der Waals surface area contributed by atoms with Gasteiger partial charge < -0.3 is 10.6 Å². The van der Waals surface area contributed by atoms with Crippen LogP contribution in [-0.2, 0) is 10.0 Å². The summed E-state index contributed by atoms with van der Waals surface area (Å²) in [5.74, 6) is 1.16. The fourth-order valence-corrected chi connectivity index (χ4v) is 3.06. The van der Waals surface area contributed by atoms with Gasteiger partial charge in [-0.1, -0.05) is 30.3 Å². The Morgan fingerprint density at radius 3 is 2.29 bits per heavy atom. The molecule has 3 aromatic rings. The molecule has 0 aliphatic rings. The van der Waals surface area contributed by atoms with Gasteiger partial charge in [0, 0.05) is 36.6 Å². The van der Waals surface area contributed by atoms with Gasteiger partial charge in [0.2, 0.25) is 10.0 Å². The predicted molar refractivity (Wildman–Crippen MR) is 110 cm³/mol. The highest BCUT2D eigenvalue weighted by Crippen LogP contribution is 2.13. The minimum absolute atomic E-state index is 0.222. The van der Waals surface area contributed by atoms with E-state index in [0.717, 1.165) is 16.7 Å². The van der Waals surface area contributed by atoms with Crippen LogP contribution in [-0.4, -0.2) is 36.7 Å². The van der Waals surface area contributed by atoms with Crippen LogP contribution in [0.25, 0.3) is 6.08 Å². The number of rotatable bonds is 9. The van der Waals surface area contributed by atoms with E-state index in [1.165, 1.54) is 0 Å². The van der Waals surface area contributed by atoms with Crippen molar-refractivity contribution in [1.82, 2.24) is 19.9 Å². The molecule has 2 heterocycles. The van der Waals surface area contributed by atoms with Crippen molar-refractivity contribution in [3.8, 4) is 0 Å². The van der Waals surface area contributed by atoms with Crippen molar-refractivity contribution in [2.45, 2.75) is 0 Å². The molecule has 1 aromatic carbocycles. The third kappa shape index (κ3) is 6.45. The van der Waals surface area contributed by atoms with Crippen LogP contribution >= 0.6 is 0 Å². The molecule has 8 nitrogen and oxygen atoms in total. The normalized spacial score (nSPS) is 11.4. The minimum Gasteiger partial charge on any atom is -0.367 e. The lowest BCUT2D eigenvalue weighted by Gasteiger charge is -2.07. The number of hydrogen-bond acceptors (Lipinski definition) is 7. The first-order valence-electron chi connectivity index (χ1n) is 8.58. The number of benzene rings is 1. The third-order valence-electron chi connectivity index (χ3n) is 3.59. The summed E-state index contributed by atoms with van der Waals surface area (Å²) in [5.41, 5.74) is 1.68. The van der Waals surface area contributed by atoms with Crippen LogP contribution in [0.4, 0.5) is 17.3 Å². The molecule has 0 atom stereocenters. The van der Waals surface area contributed by atoms with E-state index in [-0.39, 0.29) is 6.54 Å². The number of anilines is 3. The Labute approximate surface area is 163 Å². The largest absolute Gasteiger partial charge is 0.367 e. The van der Waals surface area contributed by atoms with Crippen LogP contribution in [0, 0.1) is 0 Å². The average molecular weight is 396 g/mol. The second-order valence-electron chi connectivity index (χ2n) is 5.74. The van der Waals surface area contributed by atoms with Gasteiger partial charge >= 0.3 is 0 Å². The quantitative estimate of drug-likeness (QED) is 0.477. The standard InChI is InChI=1S/C19H20N6O2S/c26-28(27,15-10-16-4-2-1-3-5-16)22-14-13-21-18-6-7-19(25-24-18)23-17-8-11-20-12-9-17/h1-12,15,22H,13-14H2,(H,21,24)(H,20,23,25)/b15-10+. The highest BCUT2D eigenvalue weighted by atomic mass is 32.2. The zero-order valence-electron chi connectivity index (χ0n) is 15.0. The maximum absolute atomic E-state index is 12.0.